The van der Waals surface area contributed by atoms with Crippen LogP contribution in [0.2, 0.25) is 0 Å². The van der Waals surface area contributed by atoms with Crippen molar-refractivity contribution in [2.75, 3.05) is 18.4 Å². The summed E-state index contributed by atoms with van der Waals surface area (Å²) in [4.78, 5) is 50.7. The monoisotopic (exact) mass is 538 g/mol. The number of carbonyl (C=O) groups is 3. The summed E-state index contributed by atoms with van der Waals surface area (Å²) in [7, 11) is 0. The van der Waals surface area contributed by atoms with Crippen molar-refractivity contribution >= 4 is 29.3 Å². The Labute approximate surface area is 227 Å². The van der Waals surface area contributed by atoms with Gasteiger partial charge < -0.3 is 25.0 Å². The fourth-order valence-corrected chi connectivity index (χ4v) is 4.19. The SMILES string of the molecule is Cc1ccc(C(=O)NC2CC2)cc1NC(=O)c1cc(OC2CCN(C(=O)OC(C)(C)C)CC2)ccc1[N+](=O)[O-]. The third-order valence-electron chi connectivity index (χ3n) is 6.47. The minimum Gasteiger partial charge on any atom is -0.490 e. The van der Waals surface area contributed by atoms with E-state index in [2.05, 4.69) is 10.6 Å². The highest BCUT2D eigenvalue weighted by atomic mass is 16.6. The first-order chi connectivity index (χ1) is 18.4. The number of ether oxygens (including phenoxy) is 2. The molecule has 2 fully saturated rings. The van der Waals surface area contributed by atoms with Crippen LogP contribution in [0.25, 0.3) is 0 Å². The molecule has 11 heteroatoms. The third kappa shape index (κ3) is 7.46. The lowest BCUT2D eigenvalue weighted by Gasteiger charge is -2.33. The molecule has 11 nitrogen and oxygen atoms in total. The Morgan fingerprint density at radius 3 is 2.31 bits per heavy atom. The molecule has 1 aliphatic heterocycles. The smallest absolute Gasteiger partial charge is 0.410 e. The molecule has 0 unspecified atom stereocenters. The van der Waals surface area contributed by atoms with E-state index in [9.17, 15) is 24.5 Å². The Balaban J connectivity index is 1.44. The molecule has 0 atom stereocenters. The van der Waals surface area contributed by atoms with Gasteiger partial charge in [0.15, 0.2) is 0 Å². The molecule has 1 aliphatic carbocycles. The van der Waals surface area contributed by atoms with Gasteiger partial charge in [-0.3, -0.25) is 19.7 Å². The maximum atomic E-state index is 13.2. The highest BCUT2D eigenvalue weighted by Crippen LogP contribution is 2.29. The lowest BCUT2D eigenvalue weighted by Crippen LogP contribution is -2.44. The largest absolute Gasteiger partial charge is 0.490 e. The van der Waals surface area contributed by atoms with Gasteiger partial charge in [0, 0.05) is 49.3 Å². The summed E-state index contributed by atoms with van der Waals surface area (Å²) in [5, 5.41) is 17.3. The van der Waals surface area contributed by atoms with Gasteiger partial charge in [0.2, 0.25) is 0 Å². The van der Waals surface area contributed by atoms with Crippen molar-refractivity contribution in [3.8, 4) is 5.75 Å². The molecule has 0 spiro atoms. The van der Waals surface area contributed by atoms with Crippen LogP contribution < -0.4 is 15.4 Å². The molecule has 2 aromatic carbocycles. The normalized spacial score (nSPS) is 15.8. The summed E-state index contributed by atoms with van der Waals surface area (Å²) in [6.07, 6.45) is 2.39. The summed E-state index contributed by atoms with van der Waals surface area (Å²) in [5.41, 5.74) is 0.392. The Kier molecular flexibility index (Phi) is 8.08. The summed E-state index contributed by atoms with van der Waals surface area (Å²) in [6, 6.07) is 9.20. The molecule has 2 aliphatic rings. The standard InChI is InChI=1S/C28H34N4O7/c1-17-5-6-18(25(33)29-19-7-8-19)15-23(17)30-26(34)22-16-21(9-10-24(22)32(36)37)38-20-11-13-31(14-12-20)27(35)39-28(2,3)4/h5-6,9-10,15-16,19-20H,7-8,11-14H2,1-4H3,(H,29,33)(H,30,34). The van der Waals surface area contributed by atoms with E-state index in [-0.39, 0.29) is 35.4 Å². The third-order valence-corrected chi connectivity index (χ3v) is 6.47. The number of hydrogen-bond donors (Lipinski definition) is 2. The second-order valence-corrected chi connectivity index (χ2v) is 11.0. The van der Waals surface area contributed by atoms with Gasteiger partial charge in [-0.15, -0.1) is 0 Å². The van der Waals surface area contributed by atoms with E-state index in [0.717, 1.165) is 12.8 Å². The van der Waals surface area contributed by atoms with E-state index >= 15 is 0 Å². The minimum atomic E-state index is -0.685. The summed E-state index contributed by atoms with van der Waals surface area (Å²) in [6.45, 7) is 8.11. The number of likely N-dealkylation sites (tertiary alicyclic amines) is 1. The Hall–Kier alpha value is -4.15. The second-order valence-electron chi connectivity index (χ2n) is 11.0. The molecule has 0 radical (unpaired) electrons. The fourth-order valence-electron chi connectivity index (χ4n) is 4.19. The van der Waals surface area contributed by atoms with E-state index in [0.29, 0.717) is 48.5 Å². The van der Waals surface area contributed by atoms with Gasteiger partial charge in [-0.25, -0.2) is 4.79 Å². The van der Waals surface area contributed by atoms with Gasteiger partial charge in [0.25, 0.3) is 17.5 Å². The van der Waals surface area contributed by atoms with Crippen molar-refractivity contribution in [3.63, 3.8) is 0 Å². The van der Waals surface area contributed by atoms with Crippen LogP contribution in [0.1, 0.15) is 72.7 Å². The summed E-state index contributed by atoms with van der Waals surface area (Å²) >= 11 is 0. The first-order valence-electron chi connectivity index (χ1n) is 13.1. The second kappa shape index (κ2) is 11.3. The molecule has 1 saturated heterocycles. The molecule has 4 rings (SSSR count). The molecule has 0 bridgehead atoms. The number of amides is 3. The van der Waals surface area contributed by atoms with Gasteiger partial charge in [-0.05, 0) is 70.4 Å². The average molecular weight is 539 g/mol. The van der Waals surface area contributed by atoms with Crippen molar-refractivity contribution in [3.05, 3.63) is 63.2 Å². The van der Waals surface area contributed by atoms with E-state index in [1.165, 1.54) is 18.2 Å². The van der Waals surface area contributed by atoms with Crippen molar-refractivity contribution < 1.29 is 28.8 Å². The first-order valence-corrected chi connectivity index (χ1v) is 13.1. The Bertz CT molecular complexity index is 1280. The maximum Gasteiger partial charge on any atom is 0.410 e. The van der Waals surface area contributed by atoms with Crippen LogP contribution in [-0.4, -0.2) is 58.6 Å². The lowest BCUT2D eigenvalue weighted by molar-refractivity contribution is -0.385. The predicted octanol–water partition coefficient (Wildman–Crippen LogP) is 4.83. The van der Waals surface area contributed by atoms with Crippen molar-refractivity contribution in [1.82, 2.24) is 10.2 Å². The van der Waals surface area contributed by atoms with Gasteiger partial charge in [-0.2, -0.15) is 0 Å². The molecule has 0 aromatic heterocycles. The summed E-state index contributed by atoms with van der Waals surface area (Å²) < 4.78 is 11.5. The number of hydrogen-bond acceptors (Lipinski definition) is 7. The number of nitrogens with zero attached hydrogens (tertiary/aromatic N) is 2. The number of piperidine rings is 1. The van der Waals surface area contributed by atoms with Crippen LogP contribution in [0.3, 0.4) is 0 Å². The van der Waals surface area contributed by atoms with E-state index in [4.69, 9.17) is 9.47 Å². The molecule has 1 saturated carbocycles. The molecule has 208 valence electrons. The summed E-state index contributed by atoms with van der Waals surface area (Å²) in [5.74, 6) is -0.599. The molecule has 2 aromatic rings. The minimum absolute atomic E-state index is 0.157. The number of benzene rings is 2. The van der Waals surface area contributed by atoms with Gasteiger partial charge in [0.1, 0.15) is 23.0 Å². The number of nitrogens with one attached hydrogen (secondary N) is 2. The molecule has 3 amide bonds. The van der Waals surface area contributed by atoms with Crippen LogP contribution >= 0.6 is 0 Å². The highest BCUT2D eigenvalue weighted by Gasteiger charge is 2.29. The van der Waals surface area contributed by atoms with E-state index in [1.54, 1.807) is 30.0 Å². The lowest BCUT2D eigenvalue weighted by atomic mass is 10.1. The van der Waals surface area contributed by atoms with Crippen molar-refractivity contribution in [1.29, 1.82) is 0 Å². The first kappa shape index (κ1) is 27.9. The zero-order chi connectivity index (χ0) is 28.3. The quantitative estimate of drug-likeness (QED) is 0.380. The zero-order valence-corrected chi connectivity index (χ0v) is 22.6. The van der Waals surface area contributed by atoms with E-state index < -0.39 is 16.4 Å². The van der Waals surface area contributed by atoms with Crippen LogP contribution in [0, 0.1) is 17.0 Å². The van der Waals surface area contributed by atoms with E-state index in [1.807, 2.05) is 20.8 Å². The fraction of sp³-hybridized carbons (Fsp3) is 0.464. The number of rotatable bonds is 7. The van der Waals surface area contributed by atoms with Gasteiger partial charge in [-0.1, -0.05) is 6.07 Å². The number of nitro groups is 1. The predicted molar refractivity (Wildman–Crippen MR) is 144 cm³/mol. The van der Waals surface area contributed by atoms with Crippen LogP contribution in [-0.2, 0) is 4.74 Å². The van der Waals surface area contributed by atoms with Crippen LogP contribution in [0.15, 0.2) is 36.4 Å². The Morgan fingerprint density at radius 2 is 1.69 bits per heavy atom. The van der Waals surface area contributed by atoms with Crippen LogP contribution in [0.4, 0.5) is 16.2 Å². The number of aryl methyl sites for hydroxylation is 1. The van der Waals surface area contributed by atoms with Crippen molar-refractivity contribution in [2.24, 2.45) is 0 Å². The molecule has 2 N–H and O–H groups in total. The Morgan fingerprint density at radius 1 is 1.00 bits per heavy atom. The molecule has 1 heterocycles. The highest BCUT2D eigenvalue weighted by molar-refractivity contribution is 6.08. The average Bonchev–Trinajstić information content (AvgIpc) is 3.68. The molecular weight excluding hydrogens is 504 g/mol. The molecular formula is C28H34N4O7. The number of nitro benzene ring substituents is 1. The topological polar surface area (TPSA) is 140 Å². The number of anilines is 1. The number of carbonyl (C=O) groups excluding carboxylic acids is 3. The van der Waals surface area contributed by atoms with Crippen LogP contribution in [0.5, 0.6) is 5.75 Å². The zero-order valence-electron chi connectivity index (χ0n) is 22.6. The maximum absolute atomic E-state index is 13.2. The van der Waals surface area contributed by atoms with Crippen molar-refractivity contribution in [2.45, 2.75) is 71.1 Å². The van der Waals surface area contributed by atoms with Gasteiger partial charge >= 0.3 is 6.09 Å². The van der Waals surface area contributed by atoms with Gasteiger partial charge in [0.05, 0.1) is 4.92 Å². The molecule has 39 heavy (non-hydrogen) atoms.